The van der Waals surface area contributed by atoms with Gasteiger partial charge in [0, 0.05) is 19.2 Å². The molecule has 5 heteroatoms. The van der Waals surface area contributed by atoms with Crippen LogP contribution in [0.2, 0.25) is 0 Å². The third-order valence-electron chi connectivity index (χ3n) is 4.68. The van der Waals surface area contributed by atoms with Crippen LogP contribution in [0.1, 0.15) is 17.8 Å². The van der Waals surface area contributed by atoms with Crippen LogP contribution in [0, 0.1) is 5.92 Å². The molecule has 2 heterocycles. The lowest BCUT2D eigenvalue weighted by molar-refractivity contribution is -0.0590. The van der Waals surface area contributed by atoms with Crippen LogP contribution in [0.3, 0.4) is 0 Å². The van der Waals surface area contributed by atoms with Gasteiger partial charge in [-0.3, -0.25) is 4.90 Å². The van der Waals surface area contributed by atoms with E-state index in [1.54, 1.807) is 11.3 Å². The summed E-state index contributed by atoms with van der Waals surface area (Å²) in [6.07, 6.45) is 2.34. The van der Waals surface area contributed by atoms with Crippen LogP contribution < -0.4 is 0 Å². The number of ether oxygens (including phenoxy) is 1. The minimum atomic E-state index is 0.283. The third-order valence-corrected chi connectivity index (χ3v) is 5.70. The molecule has 1 aromatic heterocycles. The second kappa shape index (κ2) is 5.65. The summed E-state index contributed by atoms with van der Waals surface area (Å²) in [5.74, 6) is 0.399. The molecule has 4 rings (SSSR count). The maximum atomic E-state index is 9.40. The molecule has 1 saturated carbocycles. The molecule has 0 bridgehead atoms. The number of aliphatic hydroxyl groups is 1. The van der Waals surface area contributed by atoms with Gasteiger partial charge in [0.15, 0.2) is 0 Å². The van der Waals surface area contributed by atoms with Gasteiger partial charge in [-0.05, 0) is 30.9 Å². The van der Waals surface area contributed by atoms with Crippen molar-refractivity contribution in [1.82, 2.24) is 9.88 Å². The predicted molar refractivity (Wildman–Crippen MR) is 83.4 cm³/mol. The summed E-state index contributed by atoms with van der Waals surface area (Å²) in [4.78, 5) is 7.25. The Labute approximate surface area is 128 Å². The number of nitrogens with zero attached hydrogens (tertiary/aromatic N) is 2. The molecular weight excluding hydrogens is 284 g/mol. The Hall–Kier alpha value is -1.01. The Morgan fingerprint density at radius 2 is 2.24 bits per heavy atom. The van der Waals surface area contributed by atoms with Gasteiger partial charge in [-0.1, -0.05) is 12.1 Å². The van der Waals surface area contributed by atoms with Crippen molar-refractivity contribution in [3.63, 3.8) is 0 Å². The van der Waals surface area contributed by atoms with Crippen molar-refractivity contribution in [2.75, 3.05) is 19.8 Å². The zero-order valence-corrected chi connectivity index (χ0v) is 12.8. The smallest absolute Gasteiger partial charge is 0.108 e. The van der Waals surface area contributed by atoms with Gasteiger partial charge in [0.05, 0.1) is 29.5 Å². The number of morpholine rings is 1. The first-order chi connectivity index (χ1) is 10.3. The predicted octanol–water partition coefficient (Wildman–Crippen LogP) is 2.27. The van der Waals surface area contributed by atoms with Crippen molar-refractivity contribution in [2.24, 2.45) is 5.92 Å². The van der Waals surface area contributed by atoms with Crippen molar-refractivity contribution < 1.29 is 9.84 Å². The Morgan fingerprint density at radius 1 is 1.33 bits per heavy atom. The van der Waals surface area contributed by atoms with Gasteiger partial charge < -0.3 is 9.84 Å². The molecule has 1 unspecified atom stereocenters. The molecule has 0 spiro atoms. The number of aliphatic hydroxyl groups excluding tert-OH is 1. The molecule has 1 aliphatic heterocycles. The number of hydrogen-bond acceptors (Lipinski definition) is 5. The van der Waals surface area contributed by atoms with E-state index in [1.165, 1.54) is 9.71 Å². The molecule has 0 amide bonds. The highest BCUT2D eigenvalue weighted by atomic mass is 32.1. The van der Waals surface area contributed by atoms with E-state index < -0.39 is 0 Å². The van der Waals surface area contributed by atoms with Crippen molar-refractivity contribution in [3.8, 4) is 0 Å². The van der Waals surface area contributed by atoms with Crippen LogP contribution in [0.5, 0.6) is 0 Å². The fourth-order valence-electron chi connectivity index (χ4n) is 3.63. The first-order valence-electron chi connectivity index (χ1n) is 7.64. The SMILES string of the molecule is OC[C@H]1CC2OCCN(Cc3nc4ccccc4s3)[C@H]2C1. The second-order valence-corrected chi connectivity index (χ2v) is 7.16. The number of thiazole rings is 1. The van der Waals surface area contributed by atoms with Gasteiger partial charge >= 0.3 is 0 Å². The monoisotopic (exact) mass is 304 g/mol. The fourth-order valence-corrected chi connectivity index (χ4v) is 4.63. The topological polar surface area (TPSA) is 45.6 Å². The molecule has 2 fully saturated rings. The Bertz CT molecular complexity index is 597. The quantitative estimate of drug-likeness (QED) is 0.945. The van der Waals surface area contributed by atoms with Crippen LogP contribution in [-0.2, 0) is 11.3 Å². The molecule has 3 atom stereocenters. The molecule has 1 saturated heterocycles. The first-order valence-corrected chi connectivity index (χ1v) is 8.46. The summed E-state index contributed by atoms with van der Waals surface area (Å²) in [6, 6.07) is 8.77. The van der Waals surface area contributed by atoms with Crippen molar-refractivity contribution in [1.29, 1.82) is 0 Å². The highest BCUT2D eigenvalue weighted by molar-refractivity contribution is 7.18. The largest absolute Gasteiger partial charge is 0.396 e. The Kier molecular flexibility index (Phi) is 3.67. The van der Waals surface area contributed by atoms with Gasteiger partial charge in [-0.15, -0.1) is 11.3 Å². The molecule has 0 radical (unpaired) electrons. The number of benzene rings is 1. The first kappa shape index (κ1) is 13.6. The average Bonchev–Trinajstić information content (AvgIpc) is 3.10. The van der Waals surface area contributed by atoms with Gasteiger partial charge in [-0.2, -0.15) is 0 Å². The van der Waals surface area contributed by atoms with E-state index in [9.17, 15) is 5.11 Å². The highest BCUT2D eigenvalue weighted by Crippen LogP contribution is 2.35. The summed E-state index contributed by atoms with van der Waals surface area (Å²) in [6.45, 7) is 2.95. The van der Waals surface area contributed by atoms with E-state index in [0.29, 0.717) is 18.1 Å². The number of aromatic nitrogens is 1. The summed E-state index contributed by atoms with van der Waals surface area (Å²) in [7, 11) is 0. The van der Waals surface area contributed by atoms with E-state index in [2.05, 4.69) is 23.1 Å². The van der Waals surface area contributed by atoms with Crippen LogP contribution >= 0.6 is 11.3 Å². The summed E-state index contributed by atoms with van der Waals surface area (Å²) >= 11 is 1.79. The number of hydrogen-bond donors (Lipinski definition) is 1. The van der Waals surface area contributed by atoms with Crippen molar-refractivity contribution in [3.05, 3.63) is 29.3 Å². The molecule has 21 heavy (non-hydrogen) atoms. The number of fused-ring (bicyclic) bond motifs is 2. The molecule has 1 N–H and O–H groups in total. The maximum Gasteiger partial charge on any atom is 0.108 e. The molecular formula is C16H20N2O2S. The van der Waals surface area contributed by atoms with E-state index in [4.69, 9.17) is 9.72 Å². The molecule has 2 aliphatic rings. The van der Waals surface area contributed by atoms with Crippen molar-refractivity contribution in [2.45, 2.75) is 31.5 Å². The Balaban J connectivity index is 1.53. The van der Waals surface area contributed by atoms with Crippen LogP contribution in [-0.4, -0.2) is 46.9 Å². The maximum absolute atomic E-state index is 9.40. The fraction of sp³-hybridized carbons (Fsp3) is 0.562. The van der Waals surface area contributed by atoms with Crippen LogP contribution in [0.4, 0.5) is 0 Å². The minimum absolute atomic E-state index is 0.283. The zero-order valence-electron chi connectivity index (χ0n) is 11.9. The van der Waals surface area contributed by atoms with Gasteiger partial charge in [0.1, 0.15) is 5.01 Å². The van der Waals surface area contributed by atoms with E-state index in [0.717, 1.165) is 38.1 Å². The number of rotatable bonds is 3. The number of para-hydroxylation sites is 1. The van der Waals surface area contributed by atoms with Gasteiger partial charge in [0.25, 0.3) is 0 Å². The molecule has 4 nitrogen and oxygen atoms in total. The summed E-state index contributed by atoms with van der Waals surface area (Å²) < 4.78 is 7.15. The van der Waals surface area contributed by atoms with Crippen LogP contribution in [0.15, 0.2) is 24.3 Å². The van der Waals surface area contributed by atoms with Crippen molar-refractivity contribution >= 4 is 21.6 Å². The standard InChI is InChI=1S/C16H20N2O2S/c19-10-11-7-13-14(8-11)20-6-5-18(13)9-16-17-12-3-1-2-4-15(12)21-16/h1-4,11,13-14,19H,5-10H2/t11-,13+,14?/m1/s1. The van der Waals surface area contributed by atoms with E-state index in [-0.39, 0.29) is 6.61 Å². The molecule has 112 valence electrons. The van der Waals surface area contributed by atoms with E-state index >= 15 is 0 Å². The van der Waals surface area contributed by atoms with Crippen LogP contribution in [0.25, 0.3) is 10.2 Å². The van der Waals surface area contributed by atoms with Gasteiger partial charge in [-0.25, -0.2) is 4.98 Å². The molecule has 1 aromatic carbocycles. The summed E-state index contributed by atoms with van der Waals surface area (Å²) in [5.41, 5.74) is 1.10. The molecule has 1 aliphatic carbocycles. The lowest BCUT2D eigenvalue weighted by Crippen LogP contribution is -2.47. The Morgan fingerprint density at radius 3 is 3.10 bits per heavy atom. The highest BCUT2D eigenvalue weighted by Gasteiger charge is 2.40. The minimum Gasteiger partial charge on any atom is -0.396 e. The summed E-state index contributed by atoms with van der Waals surface area (Å²) in [5, 5.41) is 10.6. The third kappa shape index (κ3) is 2.59. The zero-order chi connectivity index (χ0) is 14.2. The second-order valence-electron chi connectivity index (χ2n) is 6.04. The van der Waals surface area contributed by atoms with E-state index in [1.807, 2.05) is 6.07 Å². The lowest BCUT2D eigenvalue weighted by Gasteiger charge is -2.37. The molecule has 2 aromatic rings. The average molecular weight is 304 g/mol. The van der Waals surface area contributed by atoms with Gasteiger partial charge in [0.2, 0.25) is 0 Å². The lowest BCUT2D eigenvalue weighted by atomic mass is 10.1. The normalized spacial score (nSPS) is 29.9.